The first-order valence-electron chi connectivity index (χ1n) is 11.4. The van der Waals surface area contributed by atoms with E-state index in [0.717, 1.165) is 18.0 Å². The number of aliphatic hydroxyl groups excluding tert-OH is 1. The van der Waals surface area contributed by atoms with Gasteiger partial charge in [-0.15, -0.1) is 0 Å². The molecule has 0 bridgehead atoms. The molecule has 4 atom stereocenters. The van der Waals surface area contributed by atoms with E-state index < -0.39 is 28.6 Å². The van der Waals surface area contributed by atoms with Gasteiger partial charge in [0, 0.05) is 12.1 Å². The summed E-state index contributed by atoms with van der Waals surface area (Å²) >= 11 is 0. The number of nitrogens with one attached hydrogen (secondary N) is 4. The quantitative estimate of drug-likeness (QED) is 0.165. The summed E-state index contributed by atoms with van der Waals surface area (Å²) in [5.41, 5.74) is 7.66. The molecule has 1 saturated heterocycles. The summed E-state index contributed by atoms with van der Waals surface area (Å²) in [6, 6.07) is 14.2. The summed E-state index contributed by atoms with van der Waals surface area (Å²) in [7, 11) is -3.78. The van der Waals surface area contributed by atoms with E-state index in [-0.39, 0.29) is 23.5 Å². The van der Waals surface area contributed by atoms with Crippen LogP contribution in [0.2, 0.25) is 0 Å². The number of nitrogens with two attached hydrogens (primary N) is 1. The van der Waals surface area contributed by atoms with Gasteiger partial charge in [-0.1, -0.05) is 54.6 Å². The van der Waals surface area contributed by atoms with Crippen molar-refractivity contribution in [1.82, 2.24) is 15.4 Å². The zero-order valence-corrected chi connectivity index (χ0v) is 20.4. The van der Waals surface area contributed by atoms with E-state index in [1.165, 1.54) is 6.42 Å². The first-order chi connectivity index (χ1) is 17.1. The second-order valence-electron chi connectivity index (χ2n) is 8.81. The minimum absolute atomic E-state index is 0.00138. The van der Waals surface area contributed by atoms with Crippen LogP contribution in [0.1, 0.15) is 23.1 Å². The van der Waals surface area contributed by atoms with Gasteiger partial charge in [-0.25, -0.2) is 8.42 Å². The Labute approximate surface area is 209 Å². The van der Waals surface area contributed by atoms with Crippen molar-refractivity contribution in [2.75, 3.05) is 13.2 Å². The van der Waals surface area contributed by atoms with Crippen LogP contribution in [0.3, 0.4) is 0 Å². The molecule has 2 aromatic carbocycles. The molecule has 1 amide bonds. The number of nitrogen functional groups attached to an aromatic ring is 1. The van der Waals surface area contributed by atoms with Gasteiger partial charge >= 0.3 is 5.97 Å². The molecule has 2 unspecified atom stereocenters. The molecule has 0 radical (unpaired) electrons. The maximum Gasteiger partial charge on any atom is 0.324 e. The molecule has 2 fully saturated rings. The molecule has 2 aliphatic rings. The number of sulfonamides is 1. The lowest BCUT2D eigenvalue weighted by molar-refractivity contribution is -0.139. The summed E-state index contributed by atoms with van der Waals surface area (Å²) in [5, 5.41) is 30.9. The molecule has 4 rings (SSSR count). The number of fused-ring (bicyclic) bond motifs is 1. The number of piperidine rings is 1. The highest BCUT2D eigenvalue weighted by Gasteiger charge is 2.50. The molecule has 11 nitrogen and oxygen atoms in total. The Morgan fingerprint density at radius 3 is 2.28 bits per heavy atom. The van der Waals surface area contributed by atoms with E-state index in [1.54, 1.807) is 42.5 Å². The number of rotatable bonds is 10. The Kier molecular flexibility index (Phi) is 9.15. The van der Waals surface area contributed by atoms with E-state index in [0.29, 0.717) is 23.6 Å². The second kappa shape index (κ2) is 12.1. The summed E-state index contributed by atoms with van der Waals surface area (Å²) in [4.78, 5) is 22.6. The largest absolute Gasteiger partial charge is 0.480 e. The van der Waals surface area contributed by atoms with Crippen molar-refractivity contribution in [3.05, 3.63) is 71.3 Å². The lowest BCUT2D eigenvalue weighted by Crippen LogP contribution is -2.43. The van der Waals surface area contributed by atoms with Gasteiger partial charge in [-0.05, 0) is 35.9 Å². The van der Waals surface area contributed by atoms with E-state index >= 15 is 0 Å². The van der Waals surface area contributed by atoms with Crippen molar-refractivity contribution < 1.29 is 28.2 Å². The molecule has 1 aliphatic carbocycles. The van der Waals surface area contributed by atoms with Crippen LogP contribution in [0.4, 0.5) is 0 Å². The van der Waals surface area contributed by atoms with Crippen LogP contribution >= 0.6 is 0 Å². The van der Waals surface area contributed by atoms with Crippen molar-refractivity contribution in [2.45, 2.75) is 30.8 Å². The van der Waals surface area contributed by atoms with Gasteiger partial charge in [0.2, 0.25) is 15.9 Å². The number of aliphatic carboxylic acids is 1. The Morgan fingerprint density at radius 1 is 1.11 bits per heavy atom. The van der Waals surface area contributed by atoms with Gasteiger partial charge in [0.15, 0.2) is 0 Å². The molecule has 8 N–H and O–H groups in total. The molecule has 1 heterocycles. The fraction of sp³-hybridized carbons (Fsp3) is 0.375. The number of carbonyl (C=O) groups excluding carboxylic acids is 1. The molecule has 0 aromatic heterocycles. The minimum Gasteiger partial charge on any atom is -0.480 e. The highest BCUT2D eigenvalue weighted by Crippen LogP contribution is 2.45. The summed E-state index contributed by atoms with van der Waals surface area (Å²) < 4.78 is 25.1. The number of carbonyl (C=O) groups is 2. The van der Waals surface area contributed by atoms with Crippen molar-refractivity contribution in [3.63, 3.8) is 0 Å². The number of hydrogen-bond acceptors (Lipinski definition) is 7. The SMILES string of the molecule is N=C(N)c1ccc(CNC(=O)[C@H]2NCC3CC32)cc1.O=C(O)[C@@H](CO)NS(=O)(=O)Cc1ccccc1. The molecular formula is C24H31N5O6S. The van der Waals surface area contributed by atoms with Crippen LogP contribution in [0.25, 0.3) is 0 Å². The lowest BCUT2D eigenvalue weighted by Gasteiger charge is -2.13. The molecule has 194 valence electrons. The fourth-order valence-electron chi connectivity index (χ4n) is 3.95. The molecule has 0 spiro atoms. The van der Waals surface area contributed by atoms with Crippen LogP contribution in [0.5, 0.6) is 0 Å². The van der Waals surface area contributed by atoms with Crippen LogP contribution in [-0.2, 0) is 31.9 Å². The predicted octanol–water partition coefficient (Wildman–Crippen LogP) is -0.254. The third-order valence-corrected chi connectivity index (χ3v) is 7.38. The minimum atomic E-state index is -3.78. The van der Waals surface area contributed by atoms with Gasteiger partial charge < -0.3 is 26.6 Å². The van der Waals surface area contributed by atoms with Crippen molar-refractivity contribution in [2.24, 2.45) is 17.6 Å². The molecule has 1 saturated carbocycles. The van der Waals surface area contributed by atoms with Crippen molar-refractivity contribution in [1.29, 1.82) is 5.41 Å². The van der Waals surface area contributed by atoms with Gasteiger partial charge in [-0.2, -0.15) is 4.72 Å². The zero-order valence-electron chi connectivity index (χ0n) is 19.6. The van der Waals surface area contributed by atoms with E-state index in [9.17, 15) is 18.0 Å². The number of aliphatic hydroxyl groups is 1. The van der Waals surface area contributed by atoms with Gasteiger partial charge in [0.05, 0.1) is 18.4 Å². The Hall–Kier alpha value is -3.32. The van der Waals surface area contributed by atoms with E-state index in [4.69, 9.17) is 21.4 Å². The lowest BCUT2D eigenvalue weighted by atomic mass is 10.1. The van der Waals surface area contributed by atoms with Crippen LogP contribution in [0.15, 0.2) is 54.6 Å². The molecular weight excluding hydrogens is 486 g/mol. The average molecular weight is 518 g/mol. The number of hydrogen-bond donors (Lipinski definition) is 7. The van der Waals surface area contributed by atoms with Crippen LogP contribution < -0.4 is 21.1 Å². The Morgan fingerprint density at radius 2 is 1.78 bits per heavy atom. The maximum absolute atomic E-state index is 12.0. The van der Waals surface area contributed by atoms with E-state index in [2.05, 4.69) is 10.6 Å². The molecule has 2 aromatic rings. The van der Waals surface area contributed by atoms with Crippen molar-refractivity contribution in [3.8, 4) is 0 Å². The standard InChI is InChI=1S/C14H18N4O.C10H13NO5S/c15-13(16)9-3-1-8(2-4-9)6-18-14(19)12-11-5-10(11)7-17-12;12-6-9(10(13)14)11-17(15,16)7-8-4-2-1-3-5-8/h1-4,10-12,17H,5-7H2,(H3,15,16)(H,18,19);1-5,9,11-12H,6-7H2,(H,13,14)/t10?,11?,12-;9-/m01/s1. The number of carboxylic acids is 1. The zero-order chi connectivity index (χ0) is 26.3. The van der Waals surface area contributed by atoms with E-state index in [1.807, 2.05) is 16.9 Å². The Bertz CT molecular complexity index is 1170. The monoisotopic (exact) mass is 517 g/mol. The predicted molar refractivity (Wildman–Crippen MR) is 133 cm³/mol. The normalized spacial score (nSPS) is 20.9. The van der Waals surface area contributed by atoms with Crippen molar-refractivity contribution >= 4 is 27.7 Å². The molecule has 1 aliphatic heterocycles. The maximum atomic E-state index is 12.0. The van der Waals surface area contributed by atoms with Gasteiger partial charge in [0.1, 0.15) is 11.9 Å². The summed E-state index contributed by atoms with van der Waals surface area (Å²) in [6.45, 7) is 0.714. The topological polar surface area (TPSA) is 195 Å². The first kappa shape index (κ1) is 27.3. The van der Waals surface area contributed by atoms with Crippen LogP contribution in [-0.4, -0.2) is 61.6 Å². The smallest absolute Gasteiger partial charge is 0.324 e. The third-order valence-electron chi connectivity index (χ3n) is 6.02. The van der Waals surface area contributed by atoms with Gasteiger partial charge in [0.25, 0.3) is 0 Å². The average Bonchev–Trinajstić information content (AvgIpc) is 3.50. The fourth-order valence-corrected chi connectivity index (χ4v) is 5.27. The summed E-state index contributed by atoms with van der Waals surface area (Å²) in [5.74, 6) is -0.293. The number of carboxylic acid groups (broad SMARTS) is 1. The second-order valence-corrected chi connectivity index (χ2v) is 10.6. The van der Waals surface area contributed by atoms with Crippen LogP contribution in [0, 0.1) is 17.2 Å². The molecule has 12 heteroatoms. The first-order valence-corrected chi connectivity index (χ1v) is 13.1. The Balaban J connectivity index is 0.000000202. The number of amidine groups is 1. The number of benzene rings is 2. The number of amides is 1. The third kappa shape index (κ3) is 7.85. The highest BCUT2D eigenvalue weighted by atomic mass is 32.2. The molecule has 36 heavy (non-hydrogen) atoms. The summed E-state index contributed by atoms with van der Waals surface area (Å²) in [6.07, 6.45) is 1.19. The highest BCUT2D eigenvalue weighted by molar-refractivity contribution is 7.88. The van der Waals surface area contributed by atoms with Gasteiger partial charge in [-0.3, -0.25) is 15.0 Å².